The van der Waals surface area contributed by atoms with E-state index in [2.05, 4.69) is 10.5 Å². The summed E-state index contributed by atoms with van der Waals surface area (Å²) in [5.41, 5.74) is -1.15. The molecule has 2 fully saturated rings. The minimum absolute atomic E-state index is 0.0137. The van der Waals surface area contributed by atoms with E-state index in [1.165, 1.54) is 28.8 Å². The number of halogens is 6. The predicted molar refractivity (Wildman–Crippen MR) is 129 cm³/mol. The van der Waals surface area contributed by atoms with Crippen molar-refractivity contribution in [3.8, 4) is 0 Å². The quantitative estimate of drug-likeness (QED) is 0.315. The third-order valence-electron chi connectivity index (χ3n) is 7.25. The molecule has 194 valence electrons. The Morgan fingerprint density at radius 3 is 2.54 bits per heavy atom. The Morgan fingerprint density at radius 1 is 1.22 bits per heavy atom. The lowest BCUT2D eigenvalue weighted by atomic mass is 9.82. The molecule has 4 aliphatic heterocycles. The van der Waals surface area contributed by atoms with Crippen LogP contribution in [0.1, 0.15) is 39.6 Å². The number of nitrogens with one attached hydrogen (secondary N) is 1. The molecule has 0 bridgehead atoms. The standard InChI is InChI=1S/C24H17Cl2F4N3O3S/c25-11-6-13(18(27)15(26)7-11)20-17(24(28,29)30)19(32-36-20)10-1-2-14-12(5-10)21(34)33(23(14)8-31-9-23)22(35)16-3-4-37-16/h1-2,5-7,16-17,20,31H,3-4,8-9H2. The normalized spacial score (nSPS) is 25.9. The molecule has 4 aliphatic rings. The van der Waals surface area contributed by atoms with Crippen molar-refractivity contribution in [1.29, 1.82) is 0 Å². The van der Waals surface area contributed by atoms with Crippen LogP contribution < -0.4 is 5.32 Å². The molecule has 37 heavy (non-hydrogen) atoms. The Hall–Kier alpha value is -2.34. The first-order chi connectivity index (χ1) is 17.5. The van der Waals surface area contributed by atoms with Crippen LogP contribution in [0.15, 0.2) is 35.5 Å². The van der Waals surface area contributed by atoms with Crippen molar-refractivity contribution in [3.63, 3.8) is 0 Å². The van der Waals surface area contributed by atoms with Crippen molar-refractivity contribution in [2.45, 2.75) is 29.5 Å². The van der Waals surface area contributed by atoms with Crippen molar-refractivity contribution in [1.82, 2.24) is 10.2 Å². The molecular weight excluding hydrogens is 557 g/mol. The molecule has 6 nitrogen and oxygen atoms in total. The summed E-state index contributed by atoms with van der Waals surface area (Å²) in [5.74, 6) is -3.45. The maximum Gasteiger partial charge on any atom is 0.401 e. The lowest BCUT2D eigenvalue weighted by Crippen LogP contribution is -2.67. The zero-order valence-corrected chi connectivity index (χ0v) is 21.1. The van der Waals surface area contributed by atoms with Gasteiger partial charge in [0.15, 0.2) is 6.10 Å². The second kappa shape index (κ2) is 8.59. The number of imide groups is 1. The molecule has 1 N–H and O–H groups in total. The highest BCUT2D eigenvalue weighted by molar-refractivity contribution is 8.01. The van der Waals surface area contributed by atoms with Crippen LogP contribution in [0, 0.1) is 11.7 Å². The lowest BCUT2D eigenvalue weighted by molar-refractivity contribution is -0.178. The average molecular weight is 574 g/mol. The van der Waals surface area contributed by atoms with Crippen molar-refractivity contribution < 1.29 is 32.0 Å². The lowest BCUT2D eigenvalue weighted by Gasteiger charge is -2.47. The van der Waals surface area contributed by atoms with Crippen LogP contribution in [0.25, 0.3) is 0 Å². The molecule has 3 unspecified atom stereocenters. The van der Waals surface area contributed by atoms with E-state index in [1.807, 2.05) is 0 Å². The Bertz CT molecular complexity index is 1380. The number of oxime groups is 1. The number of amides is 2. The van der Waals surface area contributed by atoms with Crippen LogP contribution in [0.3, 0.4) is 0 Å². The van der Waals surface area contributed by atoms with Gasteiger partial charge in [0.2, 0.25) is 5.91 Å². The number of fused-ring (bicyclic) bond motifs is 2. The largest absolute Gasteiger partial charge is 0.401 e. The monoisotopic (exact) mass is 573 g/mol. The summed E-state index contributed by atoms with van der Waals surface area (Å²) in [5, 5.41) is 5.96. The van der Waals surface area contributed by atoms with E-state index < -0.39 is 51.8 Å². The fourth-order valence-corrected chi connectivity index (χ4v) is 6.50. The fraction of sp³-hybridized carbons (Fsp3) is 0.375. The highest BCUT2D eigenvalue weighted by Crippen LogP contribution is 2.48. The first-order valence-electron chi connectivity index (χ1n) is 11.3. The van der Waals surface area contributed by atoms with Crippen molar-refractivity contribution in [2.75, 3.05) is 18.8 Å². The zero-order chi connectivity index (χ0) is 26.3. The molecule has 13 heteroatoms. The van der Waals surface area contributed by atoms with E-state index in [1.54, 1.807) is 6.07 Å². The summed E-state index contributed by atoms with van der Waals surface area (Å²) in [6, 6.07) is 6.39. The van der Waals surface area contributed by atoms with Gasteiger partial charge in [0.05, 0.1) is 10.3 Å². The van der Waals surface area contributed by atoms with Crippen molar-refractivity contribution >= 4 is 52.5 Å². The van der Waals surface area contributed by atoms with Crippen LogP contribution in [0.2, 0.25) is 10.0 Å². The number of hydrogen-bond donors (Lipinski definition) is 1. The molecule has 1 spiro atoms. The summed E-state index contributed by atoms with van der Waals surface area (Å²) in [6.07, 6.45) is -6.08. The molecule has 0 radical (unpaired) electrons. The number of carbonyl (C=O) groups excluding carboxylic acids is 2. The van der Waals surface area contributed by atoms with Gasteiger partial charge in [0.25, 0.3) is 5.91 Å². The third kappa shape index (κ3) is 3.69. The van der Waals surface area contributed by atoms with E-state index in [-0.39, 0.29) is 27.3 Å². The van der Waals surface area contributed by atoms with E-state index >= 15 is 0 Å². The summed E-state index contributed by atoms with van der Waals surface area (Å²) < 4.78 is 57.7. The molecule has 2 aromatic carbocycles. The minimum atomic E-state index is -4.88. The van der Waals surface area contributed by atoms with Gasteiger partial charge in [-0.1, -0.05) is 40.5 Å². The first kappa shape index (κ1) is 25.0. The first-order valence-corrected chi connectivity index (χ1v) is 13.1. The smallest absolute Gasteiger partial charge is 0.386 e. The van der Waals surface area contributed by atoms with Gasteiger partial charge in [-0.25, -0.2) is 4.39 Å². The molecule has 4 heterocycles. The summed E-state index contributed by atoms with van der Waals surface area (Å²) >= 11 is 13.2. The molecule has 6 rings (SSSR count). The van der Waals surface area contributed by atoms with Crippen LogP contribution >= 0.6 is 35.0 Å². The van der Waals surface area contributed by atoms with Gasteiger partial charge in [-0.05, 0) is 35.9 Å². The van der Waals surface area contributed by atoms with Gasteiger partial charge in [0, 0.05) is 34.8 Å². The third-order valence-corrected chi connectivity index (χ3v) is 9.05. The fourth-order valence-electron chi connectivity index (χ4n) is 5.27. The second-order valence-corrected chi connectivity index (χ2v) is 11.5. The van der Waals surface area contributed by atoms with Crippen LogP contribution in [0.5, 0.6) is 0 Å². The number of nitrogens with zero attached hydrogens (tertiary/aromatic N) is 2. The molecule has 2 aromatic rings. The van der Waals surface area contributed by atoms with Crippen molar-refractivity contribution in [3.05, 3.63) is 68.4 Å². The van der Waals surface area contributed by atoms with E-state index in [0.29, 0.717) is 25.1 Å². The Balaban J connectivity index is 1.39. The molecule has 3 atom stereocenters. The van der Waals surface area contributed by atoms with Gasteiger partial charge in [-0.3, -0.25) is 14.5 Å². The summed E-state index contributed by atoms with van der Waals surface area (Å²) in [6.45, 7) is 0.723. The number of carbonyl (C=O) groups is 2. The molecule has 2 amide bonds. The Morgan fingerprint density at radius 2 is 1.95 bits per heavy atom. The summed E-state index contributed by atoms with van der Waals surface area (Å²) in [4.78, 5) is 32.9. The Labute approximate surface area is 222 Å². The summed E-state index contributed by atoms with van der Waals surface area (Å²) in [7, 11) is 0. The zero-order valence-electron chi connectivity index (χ0n) is 18.7. The van der Waals surface area contributed by atoms with Crippen LogP contribution in [-0.2, 0) is 15.2 Å². The number of hydrogen-bond acceptors (Lipinski definition) is 6. The van der Waals surface area contributed by atoms with Crippen LogP contribution in [0.4, 0.5) is 17.6 Å². The average Bonchev–Trinajstić information content (AvgIpc) is 3.32. The number of benzene rings is 2. The highest BCUT2D eigenvalue weighted by Gasteiger charge is 2.58. The molecule has 2 saturated heterocycles. The van der Waals surface area contributed by atoms with Gasteiger partial charge < -0.3 is 10.2 Å². The van der Waals surface area contributed by atoms with E-state index in [0.717, 1.165) is 17.9 Å². The highest BCUT2D eigenvalue weighted by atomic mass is 35.5. The van der Waals surface area contributed by atoms with Crippen LogP contribution in [-0.4, -0.2) is 52.7 Å². The minimum Gasteiger partial charge on any atom is -0.386 e. The maximum absolute atomic E-state index is 14.7. The maximum atomic E-state index is 14.7. The predicted octanol–water partition coefficient (Wildman–Crippen LogP) is 5.07. The number of rotatable bonds is 3. The topological polar surface area (TPSA) is 71.0 Å². The van der Waals surface area contributed by atoms with Gasteiger partial charge >= 0.3 is 6.18 Å². The second-order valence-electron chi connectivity index (χ2n) is 9.34. The number of alkyl halides is 3. The van der Waals surface area contributed by atoms with Gasteiger partial charge in [-0.15, -0.1) is 11.8 Å². The molecular formula is C24H17Cl2F4N3O3S. The number of thioether (sulfide) groups is 1. The molecule has 0 aliphatic carbocycles. The van der Waals surface area contributed by atoms with Crippen molar-refractivity contribution in [2.24, 2.45) is 11.1 Å². The van der Waals surface area contributed by atoms with E-state index in [4.69, 9.17) is 28.0 Å². The van der Waals surface area contributed by atoms with Gasteiger partial charge in [0.1, 0.15) is 23.0 Å². The SMILES string of the molecule is O=C1c2cc(C3=NOC(c4cc(Cl)cc(Cl)c4F)C3C(F)(F)F)ccc2C2(CNC2)N1C(=O)C1CCS1. The molecule has 0 aromatic heterocycles. The van der Waals surface area contributed by atoms with Gasteiger partial charge in [-0.2, -0.15) is 13.2 Å². The molecule has 0 saturated carbocycles. The Kier molecular flexibility index (Phi) is 5.79. The van der Waals surface area contributed by atoms with E-state index in [9.17, 15) is 27.2 Å².